The summed E-state index contributed by atoms with van der Waals surface area (Å²) in [4.78, 5) is 23.0. The van der Waals surface area contributed by atoms with Crippen molar-refractivity contribution in [2.45, 2.75) is 13.3 Å². The number of carboxylic acids is 1. The second-order valence-corrected chi connectivity index (χ2v) is 5.56. The highest BCUT2D eigenvalue weighted by Gasteiger charge is 2.11. The molecule has 2 N–H and O–H groups in total. The van der Waals surface area contributed by atoms with Crippen molar-refractivity contribution in [1.82, 2.24) is 0 Å². The second-order valence-electron chi connectivity index (χ2n) is 4.71. The smallest absolute Gasteiger partial charge is 0.307 e. The van der Waals surface area contributed by atoms with Crippen LogP contribution in [0.1, 0.15) is 21.5 Å². The second kappa shape index (κ2) is 6.54. The maximum absolute atomic E-state index is 12.3. The van der Waals surface area contributed by atoms with Crippen LogP contribution in [-0.2, 0) is 11.2 Å². The highest BCUT2D eigenvalue weighted by Crippen LogP contribution is 2.20. The number of nitrogens with one attached hydrogen (secondary N) is 1. The van der Waals surface area contributed by atoms with Crippen LogP contribution in [0.25, 0.3) is 0 Å². The van der Waals surface area contributed by atoms with Gasteiger partial charge in [0.1, 0.15) is 0 Å². The summed E-state index contributed by atoms with van der Waals surface area (Å²) in [5, 5.41) is 11.6. The molecule has 2 aromatic carbocycles. The molecule has 4 nitrogen and oxygen atoms in total. The zero-order valence-corrected chi connectivity index (χ0v) is 13.0. The molecule has 1 amide bonds. The molecular weight excluding hydrogens is 334 g/mol. The zero-order valence-electron chi connectivity index (χ0n) is 11.4. The van der Waals surface area contributed by atoms with Gasteiger partial charge in [0.15, 0.2) is 0 Å². The number of halogens is 1. The number of rotatable bonds is 4. The van der Waals surface area contributed by atoms with E-state index in [1.54, 1.807) is 30.3 Å². The number of anilines is 1. The Morgan fingerprint density at radius 2 is 1.95 bits per heavy atom. The van der Waals surface area contributed by atoms with E-state index in [4.69, 9.17) is 5.11 Å². The van der Waals surface area contributed by atoms with Gasteiger partial charge in [0.05, 0.1) is 12.0 Å². The van der Waals surface area contributed by atoms with Crippen LogP contribution in [0.2, 0.25) is 0 Å². The van der Waals surface area contributed by atoms with Crippen LogP contribution in [0.5, 0.6) is 0 Å². The number of hydrogen-bond donors (Lipinski definition) is 2. The van der Waals surface area contributed by atoms with Crippen molar-refractivity contribution in [3.05, 3.63) is 63.6 Å². The molecule has 0 unspecified atom stereocenters. The number of amides is 1. The molecule has 0 heterocycles. The predicted octanol–water partition coefficient (Wildman–Crippen LogP) is 3.64. The van der Waals surface area contributed by atoms with Gasteiger partial charge in [-0.1, -0.05) is 23.8 Å². The van der Waals surface area contributed by atoms with E-state index in [1.807, 2.05) is 19.1 Å². The summed E-state index contributed by atoms with van der Waals surface area (Å²) in [6.07, 6.45) is -0.0716. The van der Waals surface area contributed by atoms with Gasteiger partial charge in [0.2, 0.25) is 0 Å². The van der Waals surface area contributed by atoms with E-state index in [2.05, 4.69) is 21.2 Å². The Morgan fingerprint density at radius 3 is 2.67 bits per heavy atom. The van der Waals surface area contributed by atoms with Crippen LogP contribution < -0.4 is 5.32 Å². The quantitative estimate of drug-likeness (QED) is 0.887. The first-order chi connectivity index (χ1) is 9.95. The van der Waals surface area contributed by atoms with E-state index < -0.39 is 5.97 Å². The molecular formula is C16H14BrNO3. The summed E-state index contributed by atoms with van der Waals surface area (Å²) in [6.45, 7) is 1.91. The molecule has 0 saturated carbocycles. The van der Waals surface area contributed by atoms with E-state index in [0.717, 1.165) is 5.56 Å². The summed E-state index contributed by atoms with van der Waals surface area (Å²) in [7, 11) is 0. The molecule has 0 aliphatic rings. The fourth-order valence-electron chi connectivity index (χ4n) is 1.95. The normalized spacial score (nSPS) is 10.2. The van der Waals surface area contributed by atoms with Gasteiger partial charge in [-0.25, -0.2) is 0 Å². The van der Waals surface area contributed by atoms with E-state index in [1.165, 1.54) is 0 Å². The summed E-state index contributed by atoms with van der Waals surface area (Å²) in [5.74, 6) is -1.14. The molecule has 21 heavy (non-hydrogen) atoms. The monoisotopic (exact) mass is 347 g/mol. The first-order valence-electron chi connectivity index (χ1n) is 6.34. The van der Waals surface area contributed by atoms with Crippen LogP contribution >= 0.6 is 15.9 Å². The number of carboxylic acid groups (broad SMARTS) is 1. The lowest BCUT2D eigenvalue weighted by atomic mass is 10.1. The number of aryl methyl sites for hydroxylation is 1. The molecule has 2 rings (SSSR count). The molecule has 0 spiro atoms. The molecule has 0 fully saturated rings. The topological polar surface area (TPSA) is 66.4 Å². The first-order valence-corrected chi connectivity index (χ1v) is 7.13. The molecule has 0 saturated heterocycles. The number of carbonyl (C=O) groups is 2. The third-order valence-corrected chi connectivity index (χ3v) is 3.60. The third kappa shape index (κ3) is 4.16. The van der Waals surface area contributed by atoms with Gasteiger partial charge >= 0.3 is 5.97 Å². The number of hydrogen-bond acceptors (Lipinski definition) is 2. The number of aliphatic carboxylic acids is 1. The molecule has 0 radical (unpaired) electrons. The van der Waals surface area contributed by atoms with Crippen LogP contribution in [0, 0.1) is 6.92 Å². The van der Waals surface area contributed by atoms with Crippen LogP contribution in [0.15, 0.2) is 46.9 Å². The maximum atomic E-state index is 12.3. The Morgan fingerprint density at radius 1 is 1.19 bits per heavy atom. The van der Waals surface area contributed by atoms with Gasteiger partial charge in [-0.15, -0.1) is 0 Å². The SMILES string of the molecule is Cc1ccc(Br)c(C(=O)Nc2cccc(CC(=O)O)c2)c1. The first kappa shape index (κ1) is 15.3. The Balaban J connectivity index is 2.19. The summed E-state index contributed by atoms with van der Waals surface area (Å²) in [5.41, 5.74) is 2.75. The molecule has 0 aromatic heterocycles. The van der Waals surface area contributed by atoms with Gasteiger partial charge in [-0.3, -0.25) is 9.59 Å². The minimum atomic E-state index is -0.903. The fraction of sp³-hybridized carbons (Fsp3) is 0.125. The van der Waals surface area contributed by atoms with Crippen molar-refractivity contribution in [2.75, 3.05) is 5.32 Å². The molecule has 108 valence electrons. The molecule has 0 aliphatic carbocycles. The minimum absolute atomic E-state index is 0.0716. The highest BCUT2D eigenvalue weighted by molar-refractivity contribution is 9.10. The average molecular weight is 348 g/mol. The third-order valence-electron chi connectivity index (χ3n) is 2.91. The van der Waals surface area contributed by atoms with Gasteiger partial charge in [-0.05, 0) is 52.7 Å². The van der Waals surface area contributed by atoms with Crippen molar-refractivity contribution >= 4 is 33.5 Å². The lowest BCUT2D eigenvalue weighted by molar-refractivity contribution is -0.136. The van der Waals surface area contributed by atoms with E-state index >= 15 is 0 Å². The maximum Gasteiger partial charge on any atom is 0.307 e. The van der Waals surface area contributed by atoms with E-state index in [9.17, 15) is 9.59 Å². The summed E-state index contributed by atoms with van der Waals surface area (Å²) in [6, 6.07) is 12.4. The Bertz CT molecular complexity index is 698. The van der Waals surface area contributed by atoms with Crippen LogP contribution in [0.3, 0.4) is 0 Å². The average Bonchev–Trinajstić information content (AvgIpc) is 2.41. The van der Waals surface area contributed by atoms with Crippen LogP contribution in [0.4, 0.5) is 5.69 Å². The van der Waals surface area contributed by atoms with Crippen molar-refractivity contribution in [3.8, 4) is 0 Å². The van der Waals surface area contributed by atoms with Gasteiger partial charge in [-0.2, -0.15) is 0 Å². The van der Waals surface area contributed by atoms with Gasteiger partial charge in [0, 0.05) is 10.2 Å². The number of benzene rings is 2. The largest absolute Gasteiger partial charge is 0.481 e. The van der Waals surface area contributed by atoms with E-state index in [0.29, 0.717) is 21.3 Å². The molecule has 2 aromatic rings. The molecule has 0 bridgehead atoms. The van der Waals surface area contributed by atoms with Crippen molar-refractivity contribution < 1.29 is 14.7 Å². The Kier molecular flexibility index (Phi) is 4.75. The van der Waals surface area contributed by atoms with Gasteiger partial charge < -0.3 is 10.4 Å². The Labute approximate surface area is 130 Å². The molecule has 0 atom stereocenters. The lowest BCUT2D eigenvalue weighted by Gasteiger charge is -2.09. The van der Waals surface area contributed by atoms with Crippen molar-refractivity contribution in [3.63, 3.8) is 0 Å². The van der Waals surface area contributed by atoms with Crippen molar-refractivity contribution in [1.29, 1.82) is 0 Å². The summed E-state index contributed by atoms with van der Waals surface area (Å²) >= 11 is 3.35. The Hall–Kier alpha value is -2.14. The standard InChI is InChI=1S/C16H14BrNO3/c1-10-5-6-14(17)13(7-10)16(21)18-12-4-2-3-11(8-12)9-15(19)20/h2-8H,9H2,1H3,(H,18,21)(H,19,20). The minimum Gasteiger partial charge on any atom is -0.481 e. The zero-order chi connectivity index (χ0) is 15.4. The van der Waals surface area contributed by atoms with Gasteiger partial charge in [0.25, 0.3) is 5.91 Å². The van der Waals surface area contributed by atoms with Crippen molar-refractivity contribution in [2.24, 2.45) is 0 Å². The lowest BCUT2D eigenvalue weighted by Crippen LogP contribution is -2.13. The fourth-order valence-corrected chi connectivity index (χ4v) is 2.37. The van der Waals surface area contributed by atoms with Crippen LogP contribution in [-0.4, -0.2) is 17.0 Å². The molecule has 5 heteroatoms. The highest BCUT2D eigenvalue weighted by atomic mass is 79.9. The predicted molar refractivity (Wildman–Crippen MR) is 84.6 cm³/mol. The summed E-state index contributed by atoms with van der Waals surface area (Å²) < 4.78 is 0.715. The van der Waals surface area contributed by atoms with E-state index in [-0.39, 0.29) is 12.3 Å². The number of carbonyl (C=O) groups excluding carboxylic acids is 1. The molecule has 0 aliphatic heterocycles.